The van der Waals surface area contributed by atoms with Crippen LogP contribution >= 0.6 is 0 Å². The molecule has 0 aromatic heterocycles. The van der Waals surface area contributed by atoms with E-state index in [9.17, 15) is 19.5 Å². The highest BCUT2D eigenvalue weighted by atomic mass is 16.5. The van der Waals surface area contributed by atoms with Crippen molar-refractivity contribution in [3.8, 4) is 0 Å². The molecule has 7 heteroatoms. The predicted octanol–water partition coefficient (Wildman–Crippen LogP) is -0.638. The molecule has 2 aliphatic heterocycles. The van der Waals surface area contributed by atoms with Crippen molar-refractivity contribution in [2.75, 3.05) is 25.2 Å². The van der Waals surface area contributed by atoms with Crippen LogP contribution in [0.3, 0.4) is 0 Å². The van der Waals surface area contributed by atoms with Crippen LogP contribution < -0.4 is 10.0 Å². The maximum Gasteiger partial charge on any atom is 0.258 e. The summed E-state index contributed by atoms with van der Waals surface area (Å²) in [6, 6.07) is 6.52. The SMILES string of the molecule is COCCN1C(=O)c2ccccc2N2C(=O)CC[C@@]12C(=O)[O-]. The molecule has 0 aliphatic carbocycles. The number of hydrogen-bond acceptors (Lipinski definition) is 5. The average molecular weight is 303 g/mol. The first-order chi connectivity index (χ1) is 10.5. The van der Waals surface area contributed by atoms with Gasteiger partial charge in [0.2, 0.25) is 5.91 Å². The number of hydrogen-bond donors (Lipinski definition) is 0. The minimum atomic E-state index is -1.76. The molecular weight excluding hydrogens is 288 g/mol. The third-order valence-electron chi connectivity index (χ3n) is 4.22. The molecule has 2 aliphatic rings. The number of fused-ring (bicyclic) bond motifs is 3. The van der Waals surface area contributed by atoms with Gasteiger partial charge in [0.15, 0.2) is 5.66 Å². The molecule has 0 unspecified atom stereocenters. The van der Waals surface area contributed by atoms with Crippen molar-refractivity contribution in [1.29, 1.82) is 0 Å². The van der Waals surface area contributed by atoms with Gasteiger partial charge in [-0.3, -0.25) is 14.5 Å². The number of carbonyl (C=O) groups is 3. The first-order valence-corrected chi connectivity index (χ1v) is 6.98. The van der Waals surface area contributed by atoms with Gasteiger partial charge in [0.1, 0.15) is 0 Å². The molecule has 3 rings (SSSR count). The van der Waals surface area contributed by atoms with Crippen LogP contribution in [-0.4, -0.2) is 48.6 Å². The topological polar surface area (TPSA) is 90.0 Å². The van der Waals surface area contributed by atoms with Crippen molar-refractivity contribution < 1.29 is 24.2 Å². The molecule has 0 saturated carbocycles. The molecule has 0 radical (unpaired) electrons. The lowest BCUT2D eigenvalue weighted by atomic mass is 9.96. The second kappa shape index (κ2) is 5.10. The molecule has 2 heterocycles. The Morgan fingerprint density at radius 3 is 2.77 bits per heavy atom. The number of para-hydroxylation sites is 1. The number of amides is 2. The zero-order valence-electron chi connectivity index (χ0n) is 12.1. The van der Waals surface area contributed by atoms with Crippen molar-refractivity contribution in [2.45, 2.75) is 18.5 Å². The van der Waals surface area contributed by atoms with Crippen LogP contribution in [0.25, 0.3) is 0 Å². The molecule has 1 saturated heterocycles. The van der Waals surface area contributed by atoms with Gasteiger partial charge < -0.3 is 19.5 Å². The fourth-order valence-corrected chi connectivity index (χ4v) is 3.24. The second-order valence-electron chi connectivity index (χ2n) is 5.30. The van der Waals surface area contributed by atoms with Crippen LogP contribution in [0.2, 0.25) is 0 Å². The summed E-state index contributed by atoms with van der Waals surface area (Å²) in [5.74, 6) is -2.20. The first kappa shape index (κ1) is 14.5. The highest BCUT2D eigenvalue weighted by Crippen LogP contribution is 2.43. The second-order valence-corrected chi connectivity index (χ2v) is 5.30. The minimum absolute atomic E-state index is 0.0119. The smallest absolute Gasteiger partial charge is 0.258 e. The zero-order valence-corrected chi connectivity index (χ0v) is 12.1. The molecule has 1 aromatic rings. The van der Waals surface area contributed by atoms with Crippen LogP contribution in [0, 0.1) is 0 Å². The van der Waals surface area contributed by atoms with Crippen molar-refractivity contribution in [3.05, 3.63) is 29.8 Å². The summed E-state index contributed by atoms with van der Waals surface area (Å²) in [7, 11) is 1.46. The van der Waals surface area contributed by atoms with Gasteiger partial charge in [0.05, 0.1) is 23.8 Å². The Morgan fingerprint density at radius 2 is 2.09 bits per heavy atom. The van der Waals surface area contributed by atoms with E-state index < -0.39 is 17.5 Å². The summed E-state index contributed by atoms with van der Waals surface area (Å²) in [5, 5.41) is 11.9. The Bertz CT molecular complexity index is 659. The van der Waals surface area contributed by atoms with Crippen LogP contribution in [0.4, 0.5) is 5.69 Å². The minimum Gasteiger partial charge on any atom is -0.545 e. The number of carbonyl (C=O) groups excluding carboxylic acids is 3. The van der Waals surface area contributed by atoms with Gasteiger partial charge >= 0.3 is 0 Å². The molecule has 2 amide bonds. The maximum absolute atomic E-state index is 12.7. The highest BCUT2D eigenvalue weighted by molar-refractivity contribution is 6.15. The molecule has 1 aromatic carbocycles. The van der Waals surface area contributed by atoms with E-state index in [-0.39, 0.29) is 31.9 Å². The van der Waals surface area contributed by atoms with Gasteiger partial charge in [-0.05, 0) is 12.1 Å². The predicted molar refractivity (Wildman–Crippen MR) is 73.8 cm³/mol. The molecule has 1 atom stereocenters. The third kappa shape index (κ3) is 1.75. The zero-order chi connectivity index (χ0) is 15.9. The van der Waals surface area contributed by atoms with E-state index in [1.54, 1.807) is 24.3 Å². The van der Waals surface area contributed by atoms with Crippen molar-refractivity contribution in [3.63, 3.8) is 0 Å². The number of rotatable bonds is 4. The summed E-state index contributed by atoms with van der Waals surface area (Å²) in [5.41, 5.74) is -1.13. The number of nitrogens with zero attached hydrogens (tertiary/aromatic N) is 2. The number of anilines is 1. The van der Waals surface area contributed by atoms with Crippen LogP contribution in [0.15, 0.2) is 24.3 Å². The van der Waals surface area contributed by atoms with E-state index in [1.165, 1.54) is 16.9 Å². The molecular formula is C15H15N2O5-. The third-order valence-corrected chi connectivity index (χ3v) is 4.22. The number of ether oxygens (including phenoxy) is 1. The Morgan fingerprint density at radius 1 is 1.36 bits per heavy atom. The monoisotopic (exact) mass is 303 g/mol. The molecule has 0 N–H and O–H groups in total. The largest absolute Gasteiger partial charge is 0.545 e. The fraction of sp³-hybridized carbons (Fsp3) is 0.400. The lowest BCUT2D eigenvalue weighted by molar-refractivity contribution is -0.318. The maximum atomic E-state index is 12.7. The van der Waals surface area contributed by atoms with Gasteiger partial charge in [-0.1, -0.05) is 12.1 Å². The van der Waals surface area contributed by atoms with Crippen molar-refractivity contribution in [2.24, 2.45) is 0 Å². The van der Waals surface area contributed by atoms with E-state index in [2.05, 4.69) is 0 Å². The lowest BCUT2D eigenvalue weighted by Crippen LogP contribution is -2.71. The van der Waals surface area contributed by atoms with Crippen LogP contribution in [-0.2, 0) is 14.3 Å². The van der Waals surface area contributed by atoms with E-state index >= 15 is 0 Å². The summed E-state index contributed by atoms with van der Waals surface area (Å²) in [4.78, 5) is 39.3. The molecule has 0 spiro atoms. The van der Waals surface area contributed by atoms with Crippen molar-refractivity contribution in [1.82, 2.24) is 4.90 Å². The molecule has 7 nitrogen and oxygen atoms in total. The molecule has 22 heavy (non-hydrogen) atoms. The molecule has 1 fully saturated rings. The average Bonchev–Trinajstić information content (AvgIpc) is 2.86. The number of aliphatic carboxylic acids is 1. The summed E-state index contributed by atoms with van der Waals surface area (Å²) in [6.07, 6.45) is 0.0665. The van der Waals surface area contributed by atoms with Gasteiger partial charge in [0.25, 0.3) is 5.91 Å². The van der Waals surface area contributed by atoms with E-state index in [1.807, 2.05) is 0 Å². The van der Waals surface area contributed by atoms with Gasteiger partial charge in [-0.2, -0.15) is 0 Å². The molecule has 116 valence electrons. The standard InChI is InChI=1S/C15H16N2O5/c1-22-9-8-16-13(19)10-4-2-3-5-11(10)17-12(18)6-7-15(16,17)14(20)21/h2-5H,6-9H2,1H3,(H,20,21)/p-1/t15-/m1/s1. The van der Waals surface area contributed by atoms with Gasteiger partial charge in [-0.15, -0.1) is 0 Å². The normalized spacial score (nSPS) is 23.5. The van der Waals surface area contributed by atoms with E-state index in [0.717, 1.165) is 0 Å². The van der Waals surface area contributed by atoms with E-state index in [0.29, 0.717) is 11.3 Å². The number of benzene rings is 1. The highest BCUT2D eigenvalue weighted by Gasteiger charge is 2.57. The number of carboxylic acids is 1. The Labute approximate surface area is 127 Å². The summed E-state index contributed by atoms with van der Waals surface area (Å²) >= 11 is 0. The Balaban J connectivity index is 2.21. The lowest BCUT2D eigenvalue weighted by Gasteiger charge is -2.50. The van der Waals surface area contributed by atoms with Crippen LogP contribution in [0.1, 0.15) is 23.2 Å². The Hall–Kier alpha value is -2.41. The van der Waals surface area contributed by atoms with Crippen LogP contribution in [0.5, 0.6) is 0 Å². The fourth-order valence-electron chi connectivity index (χ4n) is 3.24. The quantitative estimate of drug-likeness (QED) is 0.738. The van der Waals surface area contributed by atoms with Crippen molar-refractivity contribution >= 4 is 23.5 Å². The number of carboxylic acid groups (broad SMARTS) is 1. The first-order valence-electron chi connectivity index (χ1n) is 6.98. The number of methoxy groups -OCH3 is 1. The van der Waals surface area contributed by atoms with E-state index in [4.69, 9.17) is 4.74 Å². The Kier molecular flexibility index (Phi) is 3.37. The molecule has 0 bridgehead atoms. The summed E-state index contributed by atoms with van der Waals surface area (Å²) in [6.45, 7) is 0.242. The van der Waals surface area contributed by atoms with Gasteiger partial charge in [-0.25, -0.2) is 0 Å². The summed E-state index contributed by atoms with van der Waals surface area (Å²) < 4.78 is 4.97. The van der Waals surface area contributed by atoms with Gasteiger partial charge in [0, 0.05) is 26.5 Å².